The maximum atomic E-state index is 14.7. The van der Waals surface area contributed by atoms with Crippen molar-refractivity contribution in [3.63, 3.8) is 0 Å². The molecule has 0 heterocycles. The van der Waals surface area contributed by atoms with E-state index in [1.807, 2.05) is 0 Å². The van der Waals surface area contributed by atoms with Gasteiger partial charge in [0, 0.05) is 23.2 Å². The molecule has 152 valence electrons. The molecular weight excluding hydrogens is 377 g/mol. The fraction of sp³-hybridized carbons (Fsp3) is 0.727. The van der Waals surface area contributed by atoms with Crippen LogP contribution in [0.15, 0.2) is 18.2 Å². The minimum atomic E-state index is -1.88. The third kappa shape index (κ3) is 4.14. The summed E-state index contributed by atoms with van der Waals surface area (Å²) in [6.07, 6.45) is 2.15. The van der Waals surface area contributed by atoms with Crippen LogP contribution in [0.2, 0.25) is 23.2 Å². The van der Waals surface area contributed by atoms with Crippen LogP contribution in [-0.2, 0) is 4.43 Å². The number of benzene rings is 1. The van der Waals surface area contributed by atoms with E-state index in [2.05, 4.69) is 39.9 Å². The van der Waals surface area contributed by atoms with Gasteiger partial charge < -0.3 is 9.74 Å². The molecule has 1 aromatic rings. The second-order valence-corrected chi connectivity index (χ2v) is 14.2. The standard InChI is InChI=1S/C22H35ClFNOSi/c1-6-27(7-2,8-3)26-20(21-18(23)10-9-11-19(21)24)14-25-15-12-16-17(13-15)22(16,4)5/h9-11,15-17,20,25H,6-8,12-14H2,1-5H3/t15?,16-,17+,20?. The Balaban J connectivity index is 1.74. The Morgan fingerprint density at radius 3 is 2.30 bits per heavy atom. The van der Waals surface area contributed by atoms with Crippen molar-refractivity contribution in [3.05, 3.63) is 34.6 Å². The molecule has 2 aliphatic rings. The van der Waals surface area contributed by atoms with Crippen LogP contribution < -0.4 is 5.32 Å². The molecule has 27 heavy (non-hydrogen) atoms. The van der Waals surface area contributed by atoms with Gasteiger partial charge >= 0.3 is 0 Å². The number of hydrogen-bond donors (Lipinski definition) is 1. The van der Waals surface area contributed by atoms with Gasteiger partial charge in [-0.15, -0.1) is 0 Å². The summed E-state index contributed by atoms with van der Waals surface area (Å²) in [6, 6.07) is 8.60. The number of hydrogen-bond acceptors (Lipinski definition) is 2. The predicted molar refractivity (Wildman–Crippen MR) is 114 cm³/mol. The van der Waals surface area contributed by atoms with E-state index < -0.39 is 8.32 Å². The topological polar surface area (TPSA) is 21.3 Å². The van der Waals surface area contributed by atoms with E-state index in [9.17, 15) is 4.39 Å². The summed E-state index contributed by atoms with van der Waals surface area (Å²) in [5, 5.41) is 4.18. The van der Waals surface area contributed by atoms with Crippen LogP contribution >= 0.6 is 11.6 Å². The van der Waals surface area contributed by atoms with Crippen molar-refractivity contribution in [1.82, 2.24) is 5.32 Å². The first-order valence-electron chi connectivity index (χ1n) is 10.6. The van der Waals surface area contributed by atoms with Crippen molar-refractivity contribution in [2.75, 3.05) is 6.54 Å². The van der Waals surface area contributed by atoms with Crippen LogP contribution in [0.4, 0.5) is 4.39 Å². The molecule has 4 atom stereocenters. The molecule has 0 saturated heterocycles. The van der Waals surface area contributed by atoms with Gasteiger partial charge in [0.15, 0.2) is 8.32 Å². The average molecular weight is 412 g/mol. The van der Waals surface area contributed by atoms with Crippen molar-refractivity contribution >= 4 is 19.9 Å². The molecule has 5 heteroatoms. The van der Waals surface area contributed by atoms with Crippen LogP contribution in [0.25, 0.3) is 0 Å². The Morgan fingerprint density at radius 1 is 1.19 bits per heavy atom. The first-order chi connectivity index (χ1) is 12.8. The van der Waals surface area contributed by atoms with Crippen molar-refractivity contribution in [2.45, 2.75) is 77.7 Å². The summed E-state index contributed by atoms with van der Waals surface area (Å²) in [6.45, 7) is 12.0. The van der Waals surface area contributed by atoms with Crippen molar-refractivity contribution in [3.8, 4) is 0 Å². The smallest absolute Gasteiger partial charge is 0.192 e. The molecule has 2 unspecified atom stereocenters. The fourth-order valence-corrected chi connectivity index (χ4v) is 8.36. The van der Waals surface area contributed by atoms with Gasteiger partial charge in [-0.3, -0.25) is 0 Å². The third-order valence-corrected chi connectivity index (χ3v) is 12.6. The van der Waals surface area contributed by atoms with E-state index in [1.165, 1.54) is 18.9 Å². The lowest BCUT2D eigenvalue weighted by molar-refractivity contribution is 0.174. The molecule has 2 fully saturated rings. The second kappa shape index (κ2) is 8.14. The van der Waals surface area contributed by atoms with E-state index in [0.29, 0.717) is 28.6 Å². The van der Waals surface area contributed by atoms with Gasteiger partial charge in [-0.05, 0) is 60.4 Å². The lowest BCUT2D eigenvalue weighted by atomic mass is 9.97. The zero-order chi connectivity index (χ0) is 19.8. The highest BCUT2D eigenvalue weighted by Crippen LogP contribution is 2.66. The molecule has 2 saturated carbocycles. The largest absolute Gasteiger partial charge is 0.408 e. The molecule has 0 amide bonds. The SMILES string of the molecule is CC[Si](CC)(CC)OC(CNC1C[C@@H]2[C@H](C1)C2(C)C)c1c(F)cccc1Cl. The fourth-order valence-electron chi connectivity index (χ4n) is 5.27. The number of rotatable bonds is 9. The van der Waals surface area contributed by atoms with E-state index in [0.717, 1.165) is 30.0 Å². The van der Waals surface area contributed by atoms with E-state index >= 15 is 0 Å². The number of nitrogens with one attached hydrogen (secondary N) is 1. The monoisotopic (exact) mass is 411 g/mol. The van der Waals surface area contributed by atoms with Gasteiger partial charge in [-0.1, -0.05) is 52.3 Å². The van der Waals surface area contributed by atoms with E-state index in [4.69, 9.17) is 16.0 Å². The van der Waals surface area contributed by atoms with Crippen LogP contribution in [0.5, 0.6) is 0 Å². The van der Waals surface area contributed by atoms with Gasteiger partial charge in [0.05, 0.1) is 6.10 Å². The molecular formula is C22H35ClFNOSi. The highest BCUT2D eigenvalue weighted by atomic mass is 35.5. The first-order valence-corrected chi connectivity index (χ1v) is 13.5. The van der Waals surface area contributed by atoms with Gasteiger partial charge in [-0.2, -0.15) is 0 Å². The maximum absolute atomic E-state index is 14.7. The molecule has 0 aliphatic heterocycles. The summed E-state index contributed by atoms with van der Waals surface area (Å²) >= 11 is 6.41. The Hall–Kier alpha value is -0.423. The molecule has 0 radical (unpaired) electrons. The van der Waals surface area contributed by atoms with Crippen LogP contribution in [-0.4, -0.2) is 20.9 Å². The second-order valence-electron chi connectivity index (χ2n) is 9.10. The number of halogens is 2. The van der Waals surface area contributed by atoms with Crippen LogP contribution in [0, 0.1) is 23.1 Å². The van der Waals surface area contributed by atoms with E-state index in [1.54, 1.807) is 12.1 Å². The lowest BCUT2D eigenvalue weighted by Crippen LogP contribution is -2.41. The summed E-state index contributed by atoms with van der Waals surface area (Å²) < 4.78 is 21.4. The molecule has 1 aromatic carbocycles. The van der Waals surface area contributed by atoms with Crippen LogP contribution in [0.1, 0.15) is 59.1 Å². The Labute approximate surface area is 170 Å². The summed E-state index contributed by atoms with van der Waals surface area (Å²) in [4.78, 5) is 0. The maximum Gasteiger partial charge on any atom is 0.192 e. The predicted octanol–water partition coefficient (Wildman–Crippen LogP) is 6.57. The summed E-state index contributed by atoms with van der Waals surface area (Å²) in [5.74, 6) is 1.44. The summed E-state index contributed by atoms with van der Waals surface area (Å²) in [7, 11) is -1.88. The molecule has 1 N–H and O–H groups in total. The van der Waals surface area contributed by atoms with E-state index in [-0.39, 0.29) is 11.9 Å². The van der Waals surface area contributed by atoms with Gasteiger partial charge in [0.2, 0.25) is 0 Å². The molecule has 2 aliphatic carbocycles. The van der Waals surface area contributed by atoms with Crippen molar-refractivity contribution < 1.29 is 8.82 Å². The van der Waals surface area contributed by atoms with Gasteiger partial charge in [0.25, 0.3) is 0 Å². The minimum absolute atomic E-state index is 0.254. The molecule has 2 nitrogen and oxygen atoms in total. The quantitative estimate of drug-likeness (QED) is 0.464. The van der Waals surface area contributed by atoms with Crippen molar-refractivity contribution in [2.24, 2.45) is 17.3 Å². The molecule has 0 spiro atoms. The van der Waals surface area contributed by atoms with Gasteiger partial charge in [-0.25, -0.2) is 4.39 Å². The minimum Gasteiger partial charge on any atom is -0.408 e. The lowest BCUT2D eigenvalue weighted by Gasteiger charge is -2.35. The van der Waals surface area contributed by atoms with Crippen molar-refractivity contribution in [1.29, 1.82) is 0 Å². The van der Waals surface area contributed by atoms with Gasteiger partial charge in [0.1, 0.15) is 5.82 Å². The highest BCUT2D eigenvalue weighted by molar-refractivity contribution is 6.73. The summed E-state index contributed by atoms with van der Waals surface area (Å²) in [5.41, 5.74) is 1.06. The normalized spacial score (nSPS) is 27.4. The molecule has 0 bridgehead atoms. The number of fused-ring (bicyclic) bond motifs is 1. The zero-order valence-electron chi connectivity index (χ0n) is 17.4. The molecule has 3 rings (SSSR count). The zero-order valence-corrected chi connectivity index (χ0v) is 19.2. The third-order valence-electron chi connectivity index (χ3n) is 7.60. The average Bonchev–Trinajstić information content (AvgIpc) is 3.00. The Morgan fingerprint density at radius 2 is 1.78 bits per heavy atom. The Bertz CT molecular complexity index is 621. The van der Waals surface area contributed by atoms with Crippen LogP contribution in [0.3, 0.4) is 0 Å². The first kappa shape index (κ1) is 21.3. The highest BCUT2D eigenvalue weighted by Gasteiger charge is 2.61. The molecule has 0 aromatic heterocycles. The Kier molecular flexibility index (Phi) is 6.41.